The van der Waals surface area contributed by atoms with Crippen LogP contribution < -0.4 is 0 Å². The molecule has 0 radical (unpaired) electrons. The molecule has 0 aliphatic heterocycles. The van der Waals surface area contributed by atoms with E-state index in [0.717, 1.165) is 5.56 Å². The molecule has 0 amide bonds. The molecule has 0 heterocycles. The number of carbonyl (C=O) groups excluding carboxylic acids is 1. The monoisotopic (exact) mass is 234 g/mol. The molecule has 4 nitrogen and oxygen atoms in total. The second-order valence-electron chi connectivity index (χ2n) is 4.41. The van der Waals surface area contributed by atoms with Gasteiger partial charge >= 0.3 is 5.97 Å². The van der Waals surface area contributed by atoms with Crippen molar-refractivity contribution in [3.63, 3.8) is 0 Å². The van der Waals surface area contributed by atoms with Crippen molar-refractivity contribution in [2.24, 2.45) is 0 Å². The zero-order valence-corrected chi connectivity index (χ0v) is 9.60. The third-order valence-corrected chi connectivity index (χ3v) is 3.20. The van der Waals surface area contributed by atoms with Gasteiger partial charge in [-0.1, -0.05) is 24.3 Å². The summed E-state index contributed by atoms with van der Waals surface area (Å²) in [5.41, 5.74) is 0.602. The van der Waals surface area contributed by atoms with E-state index in [1.54, 1.807) is 19.2 Å². The normalized spacial score (nSPS) is 17.6. The fourth-order valence-electron chi connectivity index (χ4n) is 2.23. The van der Waals surface area contributed by atoms with Gasteiger partial charge in [0.2, 0.25) is 0 Å². The molecule has 1 aliphatic carbocycles. The number of hydrogen-bond acceptors (Lipinski definition) is 3. The summed E-state index contributed by atoms with van der Waals surface area (Å²) in [6.45, 7) is 0.442. The molecule has 2 rings (SSSR count). The number of aliphatic carboxylic acids is 1. The highest BCUT2D eigenvalue weighted by Crippen LogP contribution is 2.41. The van der Waals surface area contributed by atoms with Crippen LogP contribution in [0.3, 0.4) is 0 Å². The molecule has 1 fully saturated rings. The summed E-state index contributed by atoms with van der Waals surface area (Å²) in [6, 6.07) is 7.25. The number of Topliss-reactive ketones (excluding diaryl/α,β-unsaturated/α-hetero) is 1. The molecule has 0 aromatic heterocycles. The fraction of sp³-hybridized carbons (Fsp3) is 0.385. The molecule has 1 aromatic carbocycles. The molecule has 0 atom stereocenters. The van der Waals surface area contributed by atoms with Gasteiger partial charge in [-0.2, -0.15) is 0 Å². The van der Waals surface area contributed by atoms with E-state index in [9.17, 15) is 14.7 Å². The van der Waals surface area contributed by atoms with Crippen molar-refractivity contribution in [1.29, 1.82) is 0 Å². The summed E-state index contributed by atoms with van der Waals surface area (Å²) in [7, 11) is 1.59. The zero-order chi connectivity index (χ0) is 12.5. The Morgan fingerprint density at radius 3 is 2.71 bits per heavy atom. The number of hydrogen-bond donors (Lipinski definition) is 1. The van der Waals surface area contributed by atoms with E-state index in [-0.39, 0.29) is 18.6 Å². The van der Waals surface area contributed by atoms with E-state index in [0.29, 0.717) is 12.2 Å². The van der Waals surface area contributed by atoms with E-state index < -0.39 is 11.4 Å². The Morgan fingerprint density at radius 2 is 2.18 bits per heavy atom. The molecule has 1 aromatic rings. The Morgan fingerprint density at radius 1 is 1.47 bits per heavy atom. The first-order valence-electron chi connectivity index (χ1n) is 5.42. The SMILES string of the molecule is COCc1cccc(C2(C(=O)O)CC(=O)C2)c1. The molecule has 1 saturated carbocycles. The molecular formula is C13H14O4. The molecule has 1 N–H and O–H groups in total. The molecule has 0 saturated heterocycles. The lowest BCUT2D eigenvalue weighted by Gasteiger charge is -2.36. The Hall–Kier alpha value is -1.68. The van der Waals surface area contributed by atoms with Gasteiger partial charge < -0.3 is 9.84 Å². The second kappa shape index (κ2) is 4.30. The molecule has 0 unspecified atom stereocenters. The van der Waals surface area contributed by atoms with Gasteiger partial charge in [-0.25, -0.2) is 0 Å². The van der Waals surface area contributed by atoms with Crippen LogP contribution in [0.15, 0.2) is 24.3 Å². The summed E-state index contributed by atoms with van der Waals surface area (Å²) in [5, 5.41) is 9.29. The molecule has 4 heteroatoms. The topological polar surface area (TPSA) is 63.6 Å². The number of ether oxygens (including phenoxy) is 1. The first-order chi connectivity index (χ1) is 8.08. The smallest absolute Gasteiger partial charge is 0.315 e. The van der Waals surface area contributed by atoms with Crippen LogP contribution in [-0.4, -0.2) is 24.0 Å². The predicted molar refractivity (Wildman–Crippen MR) is 60.7 cm³/mol. The van der Waals surface area contributed by atoms with Crippen LogP contribution in [0, 0.1) is 0 Å². The van der Waals surface area contributed by atoms with Gasteiger partial charge in [0.15, 0.2) is 0 Å². The molecule has 17 heavy (non-hydrogen) atoms. The van der Waals surface area contributed by atoms with Gasteiger partial charge in [0.1, 0.15) is 11.2 Å². The minimum Gasteiger partial charge on any atom is -0.481 e. The van der Waals surface area contributed by atoms with Crippen LogP contribution >= 0.6 is 0 Å². The van der Waals surface area contributed by atoms with Gasteiger partial charge in [0.25, 0.3) is 0 Å². The lowest BCUT2D eigenvalue weighted by molar-refractivity contribution is -0.153. The summed E-state index contributed by atoms with van der Waals surface area (Å²) in [5.74, 6) is -0.920. The van der Waals surface area contributed by atoms with E-state index in [4.69, 9.17) is 4.74 Å². The average Bonchev–Trinajstić information content (AvgIpc) is 2.25. The van der Waals surface area contributed by atoms with Crippen molar-refractivity contribution in [3.05, 3.63) is 35.4 Å². The Bertz CT molecular complexity index is 456. The molecule has 90 valence electrons. The number of rotatable bonds is 4. The molecule has 0 spiro atoms. The Kier molecular flexibility index (Phi) is 2.98. The zero-order valence-electron chi connectivity index (χ0n) is 9.60. The van der Waals surface area contributed by atoms with E-state index in [1.165, 1.54) is 0 Å². The highest BCUT2D eigenvalue weighted by atomic mass is 16.5. The van der Waals surface area contributed by atoms with Crippen molar-refractivity contribution >= 4 is 11.8 Å². The van der Waals surface area contributed by atoms with Gasteiger partial charge in [-0.05, 0) is 11.1 Å². The largest absolute Gasteiger partial charge is 0.481 e. The van der Waals surface area contributed by atoms with Gasteiger partial charge in [-0.3, -0.25) is 9.59 Å². The van der Waals surface area contributed by atoms with Crippen LogP contribution in [0.1, 0.15) is 24.0 Å². The molecular weight excluding hydrogens is 220 g/mol. The quantitative estimate of drug-likeness (QED) is 0.857. The van der Waals surface area contributed by atoms with Crippen LogP contribution in [-0.2, 0) is 26.3 Å². The minimum atomic E-state index is -1.01. The maximum Gasteiger partial charge on any atom is 0.315 e. The maximum atomic E-state index is 11.3. The number of carboxylic acid groups (broad SMARTS) is 1. The van der Waals surface area contributed by atoms with Crippen molar-refractivity contribution < 1.29 is 19.4 Å². The highest BCUT2D eigenvalue weighted by molar-refractivity contribution is 6.01. The van der Waals surface area contributed by atoms with E-state index >= 15 is 0 Å². The van der Waals surface area contributed by atoms with Gasteiger partial charge in [0.05, 0.1) is 6.61 Å². The third-order valence-electron chi connectivity index (χ3n) is 3.20. The Balaban J connectivity index is 2.34. The van der Waals surface area contributed by atoms with E-state index in [1.807, 2.05) is 12.1 Å². The Labute approximate surface area is 99.2 Å². The van der Waals surface area contributed by atoms with Crippen LogP contribution in [0.5, 0.6) is 0 Å². The average molecular weight is 234 g/mol. The first kappa shape index (κ1) is 11.8. The van der Waals surface area contributed by atoms with Crippen molar-refractivity contribution in [1.82, 2.24) is 0 Å². The maximum absolute atomic E-state index is 11.3. The van der Waals surface area contributed by atoms with Crippen LogP contribution in [0.25, 0.3) is 0 Å². The summed E-state index contributed by atoms with van der Waals surface area (Å²) in [4.78, 5) is 22.5. The molecule has 1 aliphatic rings. The minimum absolute atomic E-state index is 0.00421. The number of methoxy groups -OCH3 is 1. The lowest BCUT2D eigenvalue weighted by atomic mass is 9.63. The molecule has 0 bridgehead atoms. The predicted octanol–water partition coefficient (Wildman–Crippen LogP) is 1.52. The van der Waals surface area contributed by atoms with Crippen LogP contribution in [0.4, 0.5) is 0 Å². The summed E-state index contributed by atoms with van der Waals surface area (Å²) >= 11 is 0. The summed E-state index contributed by atoms with van der Waals surface area (Å²) < 4.78 is 5.01. The van der Waals surface area contributed by atoms with Crippen molar-refractivity contribution in [3.8, 4) is 0 Å². The standard InChI is InChI=1S/C13H14O4/c1-17-8-9-3-2-4-10(5-9)13(12(15)16)6-11(14)7-13/h2-5H,6-8H2,1H3,(H,15,16). The summed E-state index contributed by atoms with van der Waals surface area (Å²) in [6.07, 6.45) is 0.192. The first-order valence-corrected chi connectivity index (χ1v) is 5.42. The number of ketones is 1. The van der Waals surface area contributed by atoms with E-state index in [2.05, 4.69) is 0 Å². The number of benzene rings is 1. The third kappa shape index (κ3) is 1.96. The number of carboxylic acids is 1. The van der Waals surface area contributed by atoms with Gasteiger partial charge in [0, 0.05) is 20.0 Å². The van der Waals surface area contributed by atoms with Crippen molar-refractivity contribution in [2.75, 3.05) is 7.11 Å². The van der Waals surface area contributed by atoms with Crippen LogP contribution in [0.2, 0.25) is 0 Å². The van der Waals surface area contributed by atoms with Gasteiger partial charge in [-0.15, -0.1) is 0 Å². The highest BCUT2D eigenvalue weighted by Gasteiger charge is 2.51. The fourth-order valence-corrected chi connectivity index (χ4v) is 2.23. The number of carbonyl (C=O) groups is 2. The second-order valence-corrected chi connectivity index (χ2v) is 4.41. The lowest BCUT2D eigenvalue weighted by Crippen LogP contribution is -2.48. The van der Waals surface area contributed by atoms with Crippen molar-refractivity contribution in [2.45, 2.75) is 24.9 Å².